The van der Waals surface area contributed by atoms with E-state index in [0.717, 1.165) is 38.2 Å². The molecule has 2 N–H and O–H groups in total. The number of likely N-dealkylation sites (tertiary alicyclic amines) is 1. The number of hydroxylamine groups is 1. The number of aromatic nitrogens is 3. The zero-order valence-corrected chi connectivity index (χ0v) is 16.5. The lowest BCUT2D eigenvalue weighted by Crippen LogP contribution is -2.72. The first-order valence-corrected chi connectivity index (χ1v) is 9.22. The second-order valence-corrected chi connectivity index (χ2v) is 7.70. The molecular weight excluding hydrogens is 392 g/mol. The van der Waals surface area contributed by atoms with Crippen LogP contribution in [0.4, 0.5) is 5.95 Å². The van der Waals surface area contributed by atoms with Crippen LogP contribution in [-0.2, 0) is 6.54 Å². The molecule has 2 fully saturated rings. The summed E-state index contributed by atoms with van der Waals surface area (Å²) in [5.74, 6) is 0.0172. The Labute approximate surface area is 174 Å². The average Bonchev–Trinajstić information content (AvgIpc) is 2.68. The summed E-state index contributed by atoms with van der Waals surface area (Å²) in [6.07, 6.45) is 4.75. The van der Waals surface area contributed by atoms with Gasteiger partial charge in [-0.1, -0.05) is 18.2 Å². The summed E-state index contributed by atoms with van der Waals surface area (Å²) < 4.78 is 0. The number of carbonyl (C=O) groups is 1. The predicted octanol–water partition coefficient (Wildman–Crippen LogP) is 1.89. The molecule has 1 amide bonds. The van der Waals surface area contributed by atoms with Gasteiger partial charge < -0.3 is 4.90 Å². The zero-order valence-electron chi connectivity index (χ0n) is 15.7. The van der Waals surface area contributed by atoms with Crippen LogP contribution in [0.15, 0.2) is 48.9 Å². The fourth-order valence-electron chi connectivity index (χ4n) is 4.32. The third-order valence-corrected chi connectivity index (χ3v) is 5.59. The lowest BCUT2D eigenvalue weighted by Gasteiger charge is -2.60. The number of carbonyl (C=O) groups excluding carboxylic acids is 1. The first-order chi connectivity index (χ1) is 13.7. The smallest absolute Gasteiger partial charge is 0.277 e. The fraction of sp³-hybridized carbons (Fsp3) is 0.300. The molecule has 0 unspecified atom stereocenters. The maximum Gasteiger partial charge on any atom is 0.277 e. The molecular formula is C20H21ClN6O2. The van der Waals surface area contributed by atoms with Gasteiger partial charge in [0.15, 0.2) is 0 Å². The van der Waals surface area contributed by atoms with Gasteiger partial charge in [-0.05, 0) is 17.7 Å². The van der Waals surface area contributed by atoms with Crippen LogP contribution < -0.4 is 10.4 Å². The number of halogens is 1. The predicted molar refractivity (Wildman–Crippen MR) is 110 cm³/mol. The minimum atomic E-state index is -0.607. The quantitative estimate of drug-likeness (QED) is 0.499. The van der Waals surface area contributed by atoms with Crippen LogP contribution in [0.3, 0.4) is 0 Å². The van der Waals surface area contributed by atoms with Crippen LogP contribution in [0.2, 0.25) is 0 Å². The first kappa shape index (κ1) is 19.5. The molecule has 29 heavy (non-hydrogen) atoms. The van der Waals surface area contributed by atoms with Crippen molar-refractivity contribution in [1.82, 2.24) is 25.3 Å². The number of pyridine rings is 1. The van der Waals surface area contributed by atoms with Crippen LogP contribution in [0.5, 0.6) is 0 Å². The van der Waals surface area contributed by atoms with E-state index in [2.05, 4.69) is 49.0 Å². The molecule has 0 saturated carbocycles. The summed E-state index contributed by atoms with van der Waals surface area (Å²) >= 11 is 0. The fourth-order valence-corrected chi connectivity index (χ4v) is 4.32. The van der Waals surface area contributed by atoms with Gasteiger partial charge in [0.1, 0.15) is 0 Å². The largest absolute Gasteiger partial charge is 0.339 e. The van der Waals surface area contributed by atoms with Gasteiger partial charge in [-0.15, -0.1) is 12.4 Å². The summed E-state index contributed by atoms with van der Waals surface area (Å²) in [6.45, 7) is 4.90. The van der Waals surface area contributed by atoms with Gasteiger partial charge in [-0.25, -0.2) is 15.4 Å². The van der Waals surface area contributed by atoms with E-state index in [4.69, 9.17) is 5.21 Å². The second-order valence-electron chi connectivity index (χ2n) is 7.70. The Morgan fingerprint density at radius 1 is 1.07 bits per heavy atom. The Bertz CT molecular complexity index is 1030. The topological polar surface area (TPSA) is 94.5 Å². The highest BCUT2D eigenvalue weighted by Crippen LogP contribution is 2.41. The van der Waals surface area contributed by atoms with E-state index in [9.17, 15) is 4.79 Å². The van der Waals surface area contributed by atoms with Crippen molar-refractivity contribution >= 4 is 35.2 Å². The van der Waals surface area contributed by atoms with E-state index in [0.29, 0.717) is 11.4 Å². The average molecular weight is 413 g/mol. The van der Waals surface area contributed by atoms with Crippen LogP contribution >= 0.6 is 12.4 Å². The minimum Gasteiger partial charge on any atom is -0.339 e. The molecule has 2 saturated heterocycles. The second kappa shape index (κ2) is 7.55. The Balaban J connectivity index is 0.00000205. The van der Waals surface area contributed by atoms with Crippen LogP contribution in [-0.4, -0.2) is 57.1 Å². The van der Waals surface area contributed by atoms with Gasteiger partial charge in [0.05, 0.1) is 11.1 Å². The highest BCUT2D eigenvalue weighted by atomic mass is 35.5. The number of anilines is 1. The standard InChI is InChI=1S/C20H20N6O2.ClH/c27-18(24-28)15-7-22-19(23-8-15)26-12-20(13-26)10-25(11-20)9-14-5-6-21-17-4-2-1-3-16(14)17;/h1-8,28H,9-13H2,(H,24,27);1H. The number of hydrogen-bond donors (Lipinski definition) is 2. The highest BCUT2D eigenvalue weighted by molar-refractivity contribution is 5.92. The number of hydrogen-bond acceptors (Lipinski definition) is 7. The molecule has 2 aliphatic heterocycles. The number of para-hydroxylation sites is 1. The van der Waals surface area contributed by atoms with Gasteiger partial charge in [-0.3, -0.25) is 19.9 Å². The summed E-state index contributed by atoms with van der Waals surface area (Å²) in [5, 5.41) is 9.87. The van der Waals surface area contributed by atoms with E-state index >= 15 is 0 Å². The van der Waals surface area contributed by atoms with Crippen LogP contribution in [0.25, 0.3) is 10.9 Å². The monoisotopic (exact) mass is 412 g/mol. The van der Waals surface area contributed by atoms with Crippen molar-refractivity contribution in [3.8, 4) is 0 Å². The van der Waals surface area contributed by atoms with Gasteiger partial charge in [-0.2, -0.15) is 0 Å². The molecule has 9 heteroatoms. The molecule has 0 atom stereocenters. The van der Waals surface area contributed by atoms with Gasteiger partial charge in [0.25, 0.3) is 5.91 Å². The lowest BCUT2D eigenvalue weighted by molar-refractivity contribution is -0.0278. The molecule has 1 spiro atoms. The van der Waals surface area contributed by atoms with Crippen molar-refractivity contribution < 1.29 is 10.0 Å². The maximum atomic E-state index is 11.3. The molecule has 5 rings (SSSR count). The van der Waals surface area contributed by atoms with Crippen LogP contribution in [0.1, 0.15) is 15.9 Å². The molecule has 1 aromatic carbocycles. The summed E-state index contributed by atoms with van der Waals surface area (Å²) in [4.78, 5) is 28.8. The van der Waals surface area contributed by atoms with Gasteiger partial charge in [0.2, 0.25) is 5.95 Å². The molecule has 3 aromatic rings. The van der Waals surface area contributed by atoms with E-state index in [1.807, 2.05) is 12.3 Å². The molecule has 8 nitrogen and oxygen atoms in total. The number of amides is 1. The van der Waals surface area contributed by atoms with Gasteiger partial charge in [0, 0.05) is 62.1 Å². The summed E-state index contributed by atoms with van der Waals surface area (Å²) in [6, 6.07) is 10.4. The summed E-state index contributed by atoms with van der Waals surface area (Å²) in [5.41, 5.74) is 4.49. The number of rotatable bonds is 4. The number of benzene rings is 1. The van der Waals surface area contributed by atoms with Crippen molar-refractivity contribution in [3.05, 3.63) is 60.0 Å². The zero-order chi connectivity index (χ0) is 19.1. The van der Waals surface area contributed by atoms with Crippen molar-refractivity contribution in [3.63, 3.8) is 0 Å². The number of nitrogens with one attached hydrogen (secondary N) is 1. The Morgan fingerprint density at radius 2 is 1.79 bits per heavy atom. The van der Waals surface area contributed by atoms with E-state index in [1.54, 1.807) is 5.48 Å². The van der Waals surface area contributed by atoms with Crippen molar-refractivity contribution in [1.29, 1.82) is 0 Å². The minimum absolute atomic E-state index is 0. The molecule has 4 heterocycles. The SMILES string of the molecule is Cl.O=C(NO)c1cnc(N2CC3(CN(Cc4ccnc5ccccc45)C3)C2)nc1. The third kappa shape index (κ3) is 3.50. The molecule has 2 aromatic heterocycles. The summed E-state index contributed by atoms with van der Waals surface area (Å²) in [7, 11) is 0. The molecule has 0 radical (unpaired) electrons. The van der Waals surface area contributed by atoms with Crippen molar-refractivity contribution in [2.24, 2.45) is 5.41 Å². The first-order valence-electron chi connectivity index (χ1n) is 9.22. The third-order valence-electron chi connectivity index (χ3n) is 5.59. The molecule has 150 valence electrons. The number of nitrogens with zero attached hydrogens (tertiary/aromatic N) is 5. The van der Waals surface area contributed by atoms with E-state index in [-0.39, 0.29) is 18.0 Å². The Hall–Kier alpha value is -2.81. The Kier molecular flexibility index (Phi) is 5.08. The maximum absolute atomic E-state index is 11.3. The molecule has 2 aliphatic rings. The highest BCUT2D eigenvalue weighted by Gasteiger charge is 2.52. The Morgan fingerprint density at radius 3 is 2.52 bits per heavy atom. The molecule has 0 aliphatic carbocycles. The molecule has 0 bridgehead atoms. The van der Waals surface area contributed by atoms with Gasteiger partial charge >= 0.3 is 0 Å². The normalized spacial score (nSPS) is 17.3. The van der Waals surface area contributed by atoms with E-state index < -0.39 is 5.91 Å². The van der Waals surface area contributed by atoms with Crippen LogP contribution in [0, 0.1) is 5.41 Å². The lowest BCUT2D eigenvalue weighted by atomic mass is 9.73. The number of fused-ring (bicyclic) bond motifs is 1. The van der Waals surface area contributed by atoms with Crippen molar-refractivity contribution in [2.75, 3.05) is 31.1 Å². The van der Waals surface area contributed by atoms with Crippen molar-refractivity contribution in [2.45, 2.75) is 6.54 Å². The van der Waals surface area contributed by atoms with E-state index in [1.165, 1.54) is 23.3 Å².